The molecular formula is C6H13Cl. The lowest BCUT2D eigenvalue weighted by Gasteiger charge is -2.20. The fraction of sp³-hybridized carbons (Fsp3) is 1.00. The summed E-state index contributed by atoms with van der Waals surface area (Å²) in [5, 5.41) is 0.271. The Bertz CT molecular complexity index is 49.7. The SMILES string of the molecule is C[C@@H](Cl)C(C)(C)C. The average Bonchev–Trinajstić information content (AvgIpc) is 1.31. The second-order valence-electron chi connectivity index (χ2n) is 2.98. The van der Waals surface area contributed by atoms with Gasteiger partial charge in [0.15, 0.2) is 0 Å². The summed E-state index contributed by atoms with van der Waals surface area (Å²) in [6.45, 7) is 8.40. The highest BCUT2D eigenvalue weighted by molar-refractivity contribution is 6.20. The Kier molecular flexibility index (Phi) is 2.12. The van der Waals surface area contributed by atoms with E-state index >= 15 is 0 Å². The molecule has 0 aromatic heterocycles. The number of halogens is 1. The van der Waals surface area contributed by atoms with Crippen molar-refractivity contribution in [3.8, 4) is 0 Å². The van der Waals surface area contributed by atoms with Crippen LogP contribution >= 0.6 is 11.6 Å². The van der Waals surface area contributed by atoms with Crippen LogP contribution in [0.25, 0.3) is 0 Å². The predicted molar refractivity (Wildman–Crippen MR) is 34.8 cm³/mol. The van der Waals surface area contributed by atoms with Crippen LogP contribution in [0.4, 0.5) is 0 Å². The van der Waals surface area contributed by atoms with Crippen LogP contribution in [0.3, 0.4) is 0 Å². The minimum Gasteiger partial charge on any atom is -0.123 e. The molecule has 0 fully saturated rings. The highest BCUT2D eigenvalue weighted by Crippen LogP contribution is 2.22. The van der Waals surface area contributed by atoms with Gasteiger partial charge < -0.3 is 0 Å². The standard InChI is InChI=1S/C6H13Cl/c1-5(7)6(2,3)4/h5H,1-4H3/t5-/m1/s1. The molecule has 0 heterocycles. The lowest BCUT2D eigenvalue weighted by atomic mass is 9.93. The molecule has 1 heteroatoms. The zero-order valence-corrected chi connectivity index (χ0v) is 6.21. The van der Waals surface area contributed by atoms with Crippen molar-refractivity contribution in [3.05, 3.63) is 0 Å². The molecule has 0 saturated heterocycles. The molecule has 0 radical (unpaired) electrons. The van der Waals surface area contributed by atoms with Gasteiger partial charge in [-0.2, -0.15) is 0 Å². The Balaban J connectivity index is 3.54. The summed E-state index contributed by atoms with van der Waals surface area (Å²) in [6.07, 6.45) is 0. The van der Waals surface area contributed by atoms with Crippen LogP contribution in [0, 0.1) is 5.41 Å². The Morgan fingerprint density at radius 1 is 1.29 bits per heavy atom. The van der Waals surface area contributed by atoms with Crippen LogP contribution in [0.2, 0.25) is 0 Å². The first-order valence-electron chi connectivity index (χ1n) is 2.58. The third kappa shape index (κ3) is 2.93. The van der Waals surface area contributed by atoms with E-state index in [0.29, 0.717) is 0 Å². The summed E-state index contributed by atoms with van der Waals surface area (Å²) < 4.78 is 0. The highest BCUT2D eigenvalue weighted by atomic mass is 35.5. The van der Waals surface area contributed by atoms with Crippen LogP contribution in [0.15, 0.2) is 0 Å². The van der Waals surface area contributed by atoms with Crippen molar-refractivity contribution in [2.45, 2.75) is 33.1 Å². The zero-order valence-electron chi connectivity index (χ0n) is 5.46. The number of rotatable bonds is 0. The Morgan fingerprint density at radius 3 is 1.43 bits per heavy atom. The van der Waals surface area contributed by atoms with Gasteiger partial charge in [-0.3, -0.25) is 0 Å². The topological polar surface area (TPSA) is 0 Å². The van der Waals surface area contributed by atoms with Crippen molar-refractivity contribution in [1.82, 2.24) is 0 Å². The van der Waals surface area contributed by atoms with E-state index in [1.807, 2.05) is 6.92 Å². The van der Waals surface area contributed by atoms with E-state index in [-0.39, 0.29) is 10.8 Å². The maximum absolute atomic E-state index is 5.75. The van der Waals surface area contributed by atoms with E-state index in [4.69, 9.17) is 11.6 Å². The van der Waals surface area contributed by atoms with E-state index in [1.54, 1.807) is 0 Å². The van der Waals surface area contributed by atoms with Crippen molar-refractivity contribution in [1.29, 1.82) is 0 Å². The van der Waals surface area contributed by atoms with E-state index in [1.165, 1.54) is 0 Å². The van der Waals surface area contributed by atoms with Crippen LogP contribution in [-0.2, 0) is 0 Å². The number of alkyl halides is 1. The zero-order chi connectivity index (χ0) is 6.08. The molecule has 0 N–H and O–H groups in total. The fourth-order valence-electron chi connectivity index (χ4n) is 0. The third-order valence-corrected chi connectivity index (χ3v) is 1.85. The molecular weight excluding hydrogens is 108 g/mol. The Morgan fingerprint density at radius 2 is 1.43 bits per heavy atom. The fourth-order valence-corrected chi connectivity index (χ4v) is 0. The molecule has 7 heavy (non-hydrogen) atoms. The lowest BCUT2D eigenvalue weighted by molar-refractivity contribution is 0.405. The quantitative estimate of drug-likeness (QED) is 0.431. The first-order valence-corrected chi connectivity index (χ1v) is 3.02. The first kappa shape index (κ1) is 7.29. The van der Waals surface area contributed by atoms with Gasteiger partial charge in [0.25, 0.3) is 0 Å². The molecule has 0 aromatic carbocycles. The normalized spacial score (nSPS) is 16.7. The monoisotopic (exact) mass is 120 g/mol. The van der Waals surface area contributed by atoms with E-state index < -0.39 is 0 Å². The lowest BCUT2D eigenvalue weighted by Crippen LogP contribution is -2.16. The van der Waals surface area contributed by atoms with E-state index in [9.17, 15) is 0 Å². The number of hydrogen-bond acceptors (Lipinski definition) is 0. The molecule has 1 atom stereocenters. The van der Waals surface area contributed by atoms with Crippen molar-refractivity contribution < 1.29 is 0 Å². The highest BCUT2D eigenvalue weighted by Gasteiger charge is 2.16. The van der Waals surface area contributed by atoms with Crippen LogP contribution < -0.4 is 0 Å². The third-order valence-electron chi connectivity index (χ3n) is 1.19. The Labute approximate surface area is 50.9 Å². The Hall–Kier alpha value is 0.290. The second kappa shape index (κ2) is 2.04. The first-order chi connectivity index (χ1) is 2.94. The van der Waals surface area contributed by atoms with Crippen LogP contribution in [-0.4, -0.2) is 5.38 Å². The van der Waals surface area contributed by atoms with E-state index in [0.717, 1.165) is 0 Å². The van der Waals surface area contributed by atoms with E-state index in [2.05, 4.69) is 20.8 Å². The predicted octanol–water partition coefficient (Wildman–Crippen LogP) is 2.66. The van der Waals surface area contributed by atoms with Gasteiger partial charge in [-0.05, 0) is 12.3 Å². The summed E-state index contributed by atoms with van der Waals surface area (Å²) >= 11 is 5.75. The average molecular weight is 121 g/mol. The van der Waals surface area contributed by atoms with Crippen molar-refractivity contribution in [2.24, 2.45) is 5.41 Å². The largest absolute Gasteiger partial charge is 0.123 e. The van der Waals surface area contributed by atoms with Gasteiger partial charge in [0, 0.05) is 5.38 Å². The van der Waals surface area contributed by atoms with Gasteiger partial charge in [-0.1, -0.05) is 20.8 Å². The minimum absolute atomic E-state index is 0.265. The summed E-state index contributed by atoms with van der Waals surface area (Å²) in [7, 11) is 0. The molecule has 0 bridgehead atoms. The molecule has 0 nitrogen and oxygen atoms in total. The van der Waals surface area contributed by atoms with Crippen molar-refractivity contribution in [3.63, 3.8) is 0 Å². The molecule has 0 aromatic rings. The molecule has 0 aliphatic carbocycles. The maximum atomic E-state index is 5.75. The van der Waals surface area contributed by atoms with Crippen LogP contribution in [0.1, 0.15) is 27.7 Å². The second-order valence-corrected chi connectivity index (χ2v) is 3.64. The summed E-state index contributed by atoms with van der Waals surface area (Å²) in [5.41, 5.74) is 0.265. The molecule has 0 amide bonds. The summed E-state index contributed by atoms with van der Waals surface area (Å²) in [4.78, 5) is 0. The smallest absolute Gasteiger partial charge is 0.0356 e. The molecule has 0 saturated carbocycles. The summed E-state index contributed by atoms with van der Waals surface area (Å²) in [6, 6.07) is 0. The van der Waals surface area contributed by atoms with Gasteiger partial charge in [-0.15, -0.1) is 11.6 Å². The summed E-state index contributed by atoms with van der Waals surface area (Å²) in [5.74, 6) is 0. The van der Waals surface area contributed by atoms with Gasteiger partial charge in [0.2, 0.25) is 0 Å². The molecule has 44 valence electrons. The molecule has 0 rings (SSSR count). The van der Waals surface area contributed by atoms with Gasteiger partial charge in [0.1, 0.15) is 0 Å². The molecule has 0 unspecified atom stereocenters. The van der Waals surface area contributed by atoms with Crippen molar-refractivity contribution >= 4 is 11.6 Å². The molecule has 0 aliphatic rings. The maximum Gasteiger partial charge on any atom is 0.0356 e. The molecule has 0 spiro atoms. The van der Waals surface area contributed by atoms with Gasteiger partial charge >= 0.3 is 0 Å². The number of hydrogen-bond donors (Lipinski definition) is 0. The van der Waals surface area contributed by atoms with Crippen molar-refractivity contribution in [2.75, 3.05) is 0 Å². The van der Waals surface area contributed by atoms with Gasteiger partial charge in [0.05, 0.1) is 0 Å². The molecule has 0 aliphatic heterocycles. The van der Waals surface area contributed by atoms with Gasteiger partial charge in [-0.25, -0.2) is 0 Å². The van der Waals surface area contributed by atoms with Crippen LogP contribution in [0.5, 0.6) is 0 Å². The minimum atomic E-state index is 0.265.